The van der Waals surface area contributed by atoms with Gasteiger partial charge in [0.15, 0.2) is 0 Å². The zero-order valence-electron chi connectivity index (χ0n) is 9.45. The Labute approximate surface area is 94.7 Å². The molecule has 84 valence electrons. The highest BCUT2D eigenvalue weighted by atomic mass is 16.5. The molecule has 1 aromatic carbocycles. The summed E-state index contributed by atoms with van der Waals surface area (Å²) in [5, 5.41) is 9.12. The normalized spacial score (nSPS) is 10.4. The van der Waals surface area contributed by atoms with Gasteiger partial charge in [0.1, 0.15) is 5.75 Å². The second-order valence-electron chi connectivity index (χ2n) is 3.72. The lowest BCUT2D eigenvalue weighted by atomic mass is 10.1. The topological polar surface area (TPSA) is 45.2 Å². The Kier molecular flexibility index (Phi) is 2.97. The second kappa shape index (κ2) is 4.41. The van der Waals surface area contributed by atoms with Crippen LogP contribution in [0.2, 0.25) is 0 Å². The smallest absolute Gasteiger partial charge is 0.118 e. The van der Waals surface area contributed by atoms with E-state index in [-0.39, 0.29) is 6.61 Å². The van der Waals surface area contributed by atoms with Crippen LogP contribution in [0.1, 0.15) is 11.3 Å². The SMILES string of the molecule is COc1ccc(-c2cc(CO)c(C)[nH]2)cc1. The molecule has 16 heavy (non-hydrogen) atoms. The van der Waals surface area contributed by atoms with Gasteiger partial charge in [-0.15, -0.1) is 0 Å². The van der Waals surface area contributed by atoms with Crippen molar-refractivity contribution in [1.29, 1.82) is 0 Å². The predicted molar refractivity (Wildman–Crippen MR) is 63.4 cm³/mol. The quantitative estimate of drug-likeness (QED) is 0.829. The number of aromatic amines is 1. The highest BCUT2D eigenvalue weighted by Gasteiger charge is 2.05. The maximum atomic E-state index is 9.12. The van der Waals surface area contributed by atoms with E-state index in [4.69, 9.17) is 9.84 Å². The van der Waals surface area contributed by atoms with Crippen LogP contribution in [-0.4, -0.2) is 17.2 Å². The molecular formula is C13H15NO2. The summed E-state index contributed by atoms with van der Waals surface area (Å²) in [7, 11) is 1.65. The molecule has 2 rings (SSSR count). The number of hydrogen-bond acceptors (Lipinski definition) is 2. The van der Waals surface area contributed by atoms with Crippen LogP contribution in [-0.2, 0) is 6.61 Å². The molecule has 3 nitrogen and oxygen atoms in total. The predicted octanol–water partition coefficient (Wildman–Crippen LogP) is 2.49. The summed E-state index contributed by atoms with van der Waals surface area (Å²) in [4.78, 5) is 3.25. The standard InChI is InChI=1S/C13H15NO2/c1-9-11(8-15)7-13(14-9)10-3-5-12(16-2)6-4-10/h3-7,14-15H,8H2,1-2H3. The first kappa shape index (κ1) is 10.8. The van der Waals surface area contributed by atoms with Crippen LogP contribution < -0.4 is 4.74 Å². The van der Waals surface area contributed by atoms with Crippen molar-refractivity contribution in [3.8, 4) is 17.0 Å². The second-order valence-corrected chi connectivity index (χ2v) is 3.72. The number of benzene rings is 1. The van der Waals surface area contributed by atoms with E-state index in [0.717, 1.165) is 28.3 Å². The van der Waals surface area contributed by atoms with Crippen LogP contribution in [0.15, 0.2) is 30.3 Å². The molecule has 0 atom stereocenters. The average Bonchev–Trinajstić information content (AvgIpc) is 2.71. The summed E-state index contributed by atoms with van der Waals surface area (Å²) in [6.07, 6.45) is 0. The lowest BCUT2D eigenvalue weighted by Crippen LogP contribution is -1.82. The monoisotopic (exact) mass is 217 g/mol. The number of rotatable bonds is 3. The van der Waals surface area contributed by atoms with Gasteiger partial charge in [0.05, 0.1) is 13.7 Å². The molecule has 0 amide bonds. The molecule has 1 heterocycles. The summed E-state index contributed by atoms with van der Waals surface area (Å²) >= 11 is 0. The van der Waals surface area contributed by atoms with Gasteiger partial charge < -0.3 is 14.8 Å². The first-order valence-corrected chi connectivity index (χ1v) is 5.18. The van der Waals surface area contributed by atoms with E-state index < -0.39 is 0 Å². The van der Waals surface area contributed by atoms with Crippen LogP contribution in [0.3, 0.4) is 0 Å². The lowest BCUT2D eigenvalue weighted by molar-refractivity contribution is 0.281. The fourth-order valence-corrected chi connectivity index (χ4v) is 1.69. The minimum absolute atomic E-state index is 0.0679. The zero-order valence-corrected chi connectivity index (χ0v) is 9.45. The summed E-state index contributed by atoms with van der Waals surface area (Å²) < 4.78 is 5.10. The number of aryl methyl sites for hydroxylation is 1. The van der Waals surface area contributed by atoms with Gasteiger partial charge in [-0.05, 0) is 48.4 Å². The first-order chi connectivity index (χ1) is 7.74. The largest absolute Gasteiger partial charge is 0.497 e. The lowest BCUT2D eigenvalue weighted by Gasteiger charge is -2.01. The number of aromatic nitrogens is 1. The van der Waals surface area contributed by atoms with Crippen LogP contribution >= 0.6 is 0 Å². The minimum Gasteiger partial charge on any atom is -0.497 e. The fraction of sp³-hybridized carbons (Fsp3) is 0.231. The van der Waals surface area contributed by atoms with Crippen LogP contribution in [0.5, 0.6) is 5.75 Å². The Morgan fingerprint density at radius 3 is 2.44 bits per heavy atom. The van der Waals surface area contributed by atoms with Gasteiger partial charge in [-0.2, -0.15) is 0 Å². The van der Waals surface area contributed by atoms with Crippen molar-refractivity contribution >= 4 is 0 Å². The Bertz CT molecular complexity index is 471. The third kappa shape index (κ3) is 1.95. The first-order valence-electron chi connectivity index (χ1n) is 5.18. The van der Waals surface area contributed by atoms with Gasteiger partial charge in [0.25, 0.3) is 0 Å². The number of methoxy groups -OCH3 is 1. The molecule has 0 aliphatic rings. The number of ether oxygens (including phenoxy) is 1. The molecular weight excluding hydrogens is 202 g/mol. The van der Waals surface area contributed by atoms with Gasteiger partial charge >= 0.3 is 0 Å². The summed E-state index contributed by atoms with van der Waals surface area (Å²) in [5.41, 5.74) is 4.05. The average molecular weight is 217 g/mol. The molecule has 2 N–H and O–H groups in total. The van der Waals surface area contributed by atoms with Gasteiger partial charge in [0.2, 0.25) is 0 Å². The molecule has 3 heteroatoms. The van der Waals surface area contributed by atoms with Gasteiger partial charge in [0, 0.05) is 11.4 Å². The van der Waals surface area contributed by atoms with Crippen molar-refractivity contribution in [3.63, 3.8) is 0 Å². The van der Waals surface area contributed by atoms with Crippen molar-refractivity contribution in [1.82, 2.24) is 4.98 Å². The molecule has 0 fully saturated rings. The van der Waals surface area contributed by atoms with E-state index in [2.05, 4.69) is 4.98 Å². The van der Waals surface area contributed by atoms with Crippen LogP contribution in [0, 0.1) is 6.92 Å². The minimum atomic E-state index is 0.0679. The number of nitrogens with one attached hydrogen (secondary N) is 1. The highest BCUT2D eigenvalue weighted by Crippen LogP contribution is 2.23. The van der Waals surface area contributed by atoms with Crippen molar-refractivity contribution in [2.45, 2.75) is 13.5 Å². The summed E-state index contributed by atoms with van der Waals surface area (Å²) in [5.74, 6) is 0.842. The molecule has 0 spiro atoms. The Balaban J connectivity index is 2.34. The number of H-pyrrole nitrogens is 1. The van der Waals surface area contributed by atoms with E-state index in [1.165, 1.54) is 0 Å². The van der Waals surface area contributed by atoms with E-state index >= 15 is 0 Å². The van der Waals surface area contributed by atoms with Crippen LogP contribution in [0.25, 0.3) is 11.3 Å². The molecule has 0 saturated heterocycles. The van der Waals surface area contributed by atoms with Gasteiger partial charge in [-0.3, -0.25) is 0 Å². The molecule has 0 unspecified atom stereocenters. The molecule has 2 aromatic rings. The van der Waals surface area contributed by atoms with Gasteiger partial charge in [-0.25, -0.2) is 0 Å². The Hall–Kier alpha value is -1.74. The number of hydrogen-bond donors (Lipinski definition) is 2. The van der Waals surface area contributed by atoms with Crippen molar-refractivity contribution in [3.05, 3.63) is 41.6 Å². The summed E-state index contributed by atoms with van der Waals surface area (Å²) in [6.45, 7) is 2.02. The molecule has 0 aliphatic carbocycles. The van der Waals surface area contributed by atoms with Crippen molar-refractivity contribution < 1.29 is 9.84 Å². The molecule has 0 saturated carbocycles. The van der Waals surface area contributed by atoms with E-state index in [1.54, 1.807) is 7.11 Å². The Morgan fingerprint density at radius 2 is 1.94 bits per heavy atom. The summed E-state index contributed by atoms with van der Waals surface area (Å²) in [6, 6.07) is 9.79. The zero-order chi connectivity index (χ0) is 11.5. The highest BCUT2D eigenvalue weighted by molar-refractivity contribution is 5.62. The Morgan fingerprint density at radius 1 is 1.25 bits per heavy atom. The van der Waals surface area contributed by atoms with Crippen molar-refractivity contribution in [2.24, 2.45) is 0 Å². The number of aliphatic hydroxyl groups excluding tert-OH is 1. The maximum absolute atomic E-state index is 9.12. The van der Waals surface area contributed by atoms with E-state index in [0.29, 0.717) is 0 Å². The maximum Gasteiger partial charge on any atom is 0.118 e. The third-order valence-corrected chi connectivity index (χ3v) is 2.69. The van der Waals surface area contributed by atoms with Crippen LogP contribution in [0.4, 0.5) is 0 Å². The van der Waals surface area contributed by atoms with Crippen molar-refractivity contribution in [2.75, 3.05) is 7.11 Å². The number of aliphatic hydroxyl groups is 1. The molecule has 0 bridgehead atoms. The molecule has 0 aliphatic heterocycles. The fourth-order valence-electron chi connectivity index (χ4n) is 1.69. The molecule has 0 radical (unpaired) electrons. The van der Waals surface area contributed by atoms with Gasteiger partial charge in [-0.1, -0.05) is 0 Å². The molecule has 1 aromatic heterocycles. The van der Waals surface area contributed by atoms with E-state index in [9.17, 15) is 0 Å². The third-order valence-electron chi connectivity index (χ3n) is 2.69. The van der Waals surface area contributed by atoms with E-state index in [1.807, 2.05) is 37.3 Å².